The van der Waals surface area contributed by atoms with E-state index in [0.717, 1.165) is 0 Å². The lowest BCUT2D eigenvalue weighted by Crippen LogP contribution is -2.36. The van der Waals surface area contributed by atoms with Crippen molar-refractivity contribution < 1.29 is 13.9 Å². The second-order valence-corrected chi connectivity index (χ2v) is 4.54. The average Bonchev–Trinajstić information content (AvgIpc) is 2.43. The molecule has 1 saturated heterocycles. The van der Waals surface area contributed by atoms with Gasteiger partial charge in [-0.25, -0.2) is 4.39 Å². The summed E-state index contributed by atoms with van der Waals surface area (Å²) in [6.45, 7) is 3.87. The number of nitrogens with one attached hydrogen (secondary N) is 1. The van der Waals surface area contributed by atoms with Crippen molar-refractivity contribution in [3.63, 3.8) is 0 Å². The fourth-order valence-corrected chi connectivity index (χ4v) is 1.73. The Morgan fingerprint density at radius 1 is 1.44 bits per heavy atom. The van der Waals surface area contributed by atoms with Gasteiger partial charge in [0.05, 0.1) is 12.0 Å². The van der Waals surface area contributed by atoms with Crippen molar-refractivity contribution in [2.75, 3.05) is 0 Å². The molecular formula is C12H14FN2O+. The fraction of sp³-hybridized carbons (Fsp3) is 0.333. The Morgan fingerprint density at radius 2 is 2.12 bits per heavy atom. The van der Waals surface area contributed by atoms with Crippen molar-refractivity contribution in [1.29, 1.82) is 0 Å². The van der Waals surface area contributed by atoms with Gasteiger partial charge in [-0.15, -0.1) is 10.1 Å². The van der Waals surface area contributed by atoms with Gasteiger partial charge in [0.1, 0.15) is 5.82 Å². The van der Waals surface area contributed by atoms with Gasteiger partial charge in [0.25, 0.3) is 5.91 Å². The molecule has 0 unspecified atom stereocenters. The van der Waals surface area contributed by atoms with Crippen molar-refractivity contribution in [2.45, 2.75) is 25.8 Å². The van der Waals surface area contributed by atoms with Crippen LogP contribution in [-0.2, 0) is 4.79 Å². The number of amides is 1. The molecule has 84 valence electrons. The summed E-state index contributed by atoms with van der Waals surface area (Å²) in [6, 6.07) is 6.48. The second-order valence-electron chi connectivity index (χ2n) is 4.54. The van der Waals surface area contributed by atoms with Gasteiger partial charge in [-0.3, -0.25) is 4.79 Å². The Hall–Kier alpha value is -1.71. The van der Waals surface area contributed by atoms with Gasteiger partial charge in [0.15, 0.2) is 5.54 Å². The number of benzene rings is 1. The van der Waals surface area contributed by atoms with Crippen molar-refractivity contribution >= 4 is 12.1 Å². The lowest BCUT2D eigenvalue weighted by atomic mass is 10.0. The molecule has 0 aliphatic carbocycles. The highest BCUT2D eigenvalue weighted by atomic mass is 19.1. The first-order chi connectivity index (χ1) is 7.49. The van der Waals surface area contributed by atoms with Crippen LogP contribution in [0.15, 0.2) is 24.3 Å². The number of hydrogen-bond acceptors (Lipinski definition) is 1. The molecule has 4 heteroatoms. The minimum absolute atomic E-state index is 0.0439. The lowest BCUT2D eigenvalue weighted by Gasteiger charge is -2.09. The molecule has 1 aliphatic rings. The third-order valence-corrected chi connectivity index (χ3v) is 2.66. The number of carbonyl (C=O) groups is 1. The highest BCUT2D eigenvalue weighted by Crippen LogP contribution is 2.18. The summed E-state index contributed by atoms with van der Waals surface area (Å²) in [5, 5.41) is 0. The molecule has 0 spiro atoms. The molecule has 3 nitrogen and oxygen atoms in total. The minimum Gasteiger partial charge on any atom is -0.269 e. The third-order valence-electron chi connectivity index (χ3n) is 2.66. The van der Waals surface area contributed by atoms with E-state index in [2.05, 4.69) is 5.43 Å². The first-order valence-corrected chi connectivity index (χ1v) is 5.17. The van der Waals surface area contributed by atoms with Crippen molar-refractivity contribution in [2.24, 2.45) is 0 Å². The average molecular weight is 221 g/mol. The summed E-state index contributed by atoms with van der Waals surface area (Å²) in [7, 11) is 0. The van der Waals surface area contributed by atoms with E-state index in [0.29, 0.717) is 12.0 Å². The van der Waals surface area contributed by atoms with Crippen LogP contribution in [-0.4, -0.2) is 22.3 Å². The van der Waals surface area contributed by atoms with Gasteiger partial charge in [-0.05, 0) is 12.1 Å². The zero-order chi connectivity index (χ0) is 11.8. The molecule has 1 aromatic rings. The molecule has 2 rings (SSSR count). The van der Waals surface area contributed by atoms with E-state index in [4.69, 9.17) is 0 Å². The predicted molar refractivity (Wildman–Crippen MR) is 58.7 cm³/mol. The standard InChI is InChI=1S/C12H13FN2O/c1-12(2)7-11(16)14-15(12)8-9-5-3-4-6-10(9)13/h3-6,8H,7H2,1-2H3/p+1/b15-8+. The topological polar surface area (TPSA) is 32.1 Å². The number of carbonyl (C=O) groups excluding carboxylic acids is 1. The van der Waals surface area contributed by atoms with Crippen LogP contribution in [0, 0.1) is 5.82 Å². The minimum atomic E-state index is -0.320. The summed E-state index contributed by atoms with van der Waals surface area (Å²) in [5.74, 6) is -0.336. The number of nitrogens with zero attached hydrogens (tertiary/aromatic N) is 1. The van der Waals surface area contributed by atoms with Crippen LogP contribution in [0.2, 0.25) is 0 Å². The number of hydrogen-bond donors (Lipinski definition) is 1. The van der Waals surface area contributed by atoms with Crippen molar-refractivity contribution in [3.8, 4) is 0 Å². The lowest BCUT2D eigenvalue weighted by molar-refractivity contribution is -0.620. The Bertz CT molecular complexity index is 466. The van der Waals surface area contributed by atoms with E-state index < -0.39 is 0 Å². The molecule has 1 heterocycles. The van der Waals surface area contributed by atoms with Crippen LogP contribution in [0.4, 0.5) is 4.39 Å². The predicted octanol–water partition coefficient (Wildman–Crippen LogP) is 1.47. The van der Waals surface area contributed by atoms with Crippen LogP contribution in [0.5, 0.6) is 0 Å². The van der Waals surface area contributed by atoms with Crippen LogP contribution >= 0.6 is 0 Å². The molecule has 0 saturated carbocycles. The first-order valence-electron chi connectivity index (χ1n) is 5.17. The van der Waals surface area contributed by atoms with Gasteiger partial charge in [-0.1, -0.05) is 12.1 Å². The summed E-state index contributed by atoms with van der Waals surface area (Å²) >= 11 is 0. The first kappa shape index (κ1) is 10.8. The van der Waals surface area contributed by atoms with Crippen molar-refractivity contribution in [3.05, 3.63) is 35.6 Å². The molecule has 0 atom stereocenters. The van der Waals surface area contributed by atoms with Gasteiger partial charge in [-0.2, -0.15) is 0 Å². The second kappa shape index (κ2) is 3.70. The highest BCUT2D eigenvalue weighted by molar-refractivity contribution is 5.81. The highest BCUT2D eigenvalue weighted by Gasteiger charge is 2.42. The van der Waals surface area contributed by atoms with E-state index in [1.165, 1.54) is 6.07 Å². The molecule has 1 fully saturated rings. The molecule has 0 bridgehead atoms. The fourth-order valence-electron chi connectivity index (χ4n) is 1.73. The van der Waals surface area contributed by atoms with Gasteiger partial charge in [0, 0.05) is 13.8 Å². The van der Waals surface area contributed by atoms with Gasteiger partial charge in [0.2, 0.25) is 6.21 Å². The molecule has 1 amide bonds. The monoisotopic (exact) mass is 221 g/mol. The Labute approximate surface area is 93.6 Å². The maximum atomic E-state index is 13.4. The zero-order valence-corrected chi connectivity index (χ0v) is 9.33. The SMILES string of the molecule is CC1(C)CC(=O)N/[N+]1=C/c1ccccc1F. The van der Waals surface area contributed by atoms with E-state index in [1.54, 1.807) is 29.1 Å². The van der Waals surface area contributed by atoms with Crippen LogP contribution in [0.3, 0.4) is 0 Å². The summed E-state index contributed by atoms with van der Waals surface area (Å²) in [6.07, 6.45) is 2.04. The Morgan fingerprint density at radius 3 is 2.69 bits per heavy atom. The quantitative estimate of drug-likeness (QED) is 0.715. The summed E-state index contributed by atoms with van der Waals surface area (Å²) in [5.41, 5.74) is 2.84. The largest absolute Gasteiger partial charge is 0.281 e. The number of hydrazone groups is 1. The molecule has 1 N–H and O–H groups in total. The molecule has 1 aliphatic heterocycles. The van der Waals surface area contributed by atoms with E-state index in [1.807, 2.05) is 13.8 Å². The van der Waals surface area contributed by atoms with Crippen molar-refractivity contribution in [1.82, 2.24) is 5.43 Å². The molecular weight excluding hydrogens is 207 g/mol. The Kier molecular flexibility index (Phi) is 2.50. The van der Waals surface area contributed by atoms with E-state index in [-0.39, 0.29) is 17.3 Å². The molecule has 0 aromatic heterocycles. The van der Waals surface area contributed by atoms with Crippen LogP contribution < -0.4 is 5.43 Å². The maximum Gasteiger partial charge on any atom is 0.281 e. The summed E-state index contributed by atoms with van der Waals surface area (Å²) < 4.78 is 15.1. The third kappa shape index (κ3) is 1.96. The van der Waals surface area contributed by atoms with E-state index in [9.17, 15) is 9.18 Å². The Balaban J connectivity index is 2.39. The number of hydrazine groups is 1. The van der Waals surface area contributed by atoms with Crippen LogP contribution in [0.25, 0.3) is 0 Å². The number of halogens is 1. The summed E-state index contributed by atoms with van der Waals surface area (Å²) in [4.78, 5) is 11.3. The van der Waals surface area contributed by atoms with Gasteiger partial charge < -0.3 is 0 Å². The molecule has 0 radical (unpaired) electrons. The number of rotatable bonds is 1. The zero-order valence-electron chi connectivity index (χ0n) is 9.33. The molecule has 1 aromatic carbocycles. The van der Waals surface area contributed by atoms with E-state index >= 15 is 0 Å². The smallest absolute Gasteiger partial charge is 0.269 e. The molecule has 16 heavy (non-hydrogen) atoms. The normalized spacial score (nSPS) is 21.2. The van der Waals surface area contributed by atoms with Crippen LogP contribution in [0.1, 0.15) is 25.8 Å². The van der Waals surface area contributed by atoms with Gasteiger partial charge >= 0.3 is 0 Å². The maximum absolute atomic E-state index is 13.4.